The Morgan fingerprint density at radius 2 is 2.20 bits per heavy atom. The molecule has 2 heteroatoms. The average molecular weight is 143 g/mol. The summed E-state index contributed by atoms with van der Waals surface area (Å²) in [5.41, 5.74) is 0. The van der Waals surface area contributed by atoms with E-state index in [-0.39, 0.29) is 12.5 Å². The third-order valence-electron chi connectivity index (χ3n) is 1.37. The summed E-state index contributed by atoms with van der Waals surface area (Å²) in [6, 6.07) is 0. The lowest BCUT2D eigenvalue weighted by atomic mass is 10.1. The van der Waals surface area contributed by atoms with Crippen molar-refractivity contribution < 1.29 is 10.2 Å². The largest absolute Gasteiger partial charge is 0.396 e. The van der Waals surface area contributed by atoms with Gasteiger partial charge in [0.1, 0.15) is 0 Å². The van der Waals surface area contributed by atoms with Gasteiger partial charge in [-0.1, -0.05) is 19.1 Å². The maximum Gasteiger partial charge on any atom is 0.0768 e. The first-order chi connectivity index (χ1) is 4.72. The van der Waals surface area contributed by atoms with E-state index in [2.05, 4.69) is 6.92 Å². The Kier molecular flexibility index (Phi) is 5.26. The maximum atomic E-state index is 9.17. The van der Waals surface area contributed by atoms with E-state index < -0.39 is 6.10 Å². The van der Waals surface area contributed by atoms with Gasteiger partial charge in [-0.15, -0.1) is 0 Å². The first-order valence-corrected chi connectivity index (χ1v) is 3.47. The van der Waals surface area contributed by atoms with E-state index in [9.17, 15) is 5.11 Å². The van der Waals surface area contributed by atoms with Crippen LogP contribution < -0.4 is 0 Å². The van der Waals surface area contributed by atoms with Crippen molar-refractivity contribution in [3.8, 4) is 0 Å². The van der Waals surface area contributed by atoms with Crippen LogP contribution in [0.2, 0.25) is 0 Å². The lowest BCUT2D eigenvalue weighted by Gasteiger charge is -2.11. The molecule has 0 spiro atoms. The molecule has 1 radical (unpaired) electrons. The van der Waals surface area contributed by atoms with Crippen molar-refractivity contribution in [1.82, 2.24) is 0 Å². The van der Waals surface area contributed by atoms with E-state index in [1.807, 2.05) is 0 Å². The van der Waals surface area contributed by atoms with Gasteiger partial charge < -0.3 is 10.2 Å². The Balaban J connectivity index is 3.60. The van der Waals surface area contributed by atoms with Crippen molar-refractivity contribution in [2.75, 3.05) is 6.61 Å². The molecular formula is C8H15O2. The first kappa shape index (κ1) is 9.66. The van der Waals surface area contributed by atoms with Crippen molar-refractivity contribution in [2.24, 2.45) is 5.92 Å². The summed E-state index contributed by atoms with van der Waals surface area (Å²) in [5, 5.41) is 17.8. The predicted molar refractivity (Wildman–Crippen MR) is 41.4 cm³/mol. The summed E-state index contributed by atoms with van der Waals surface area (Å²) in [6.45, 7) is 5.39. The molecule has 2 N–H and O–H groups in total. The molecule has 2 nitrogen and oxygen atoms in total. The minimum absolute atomic E-state index is 0.0165. The standard InChI is InChI=1S/C8H15O2/c1-3-4-5-8(10)7(2)6-9/h4-5,7-10H,1,3,6H2,2H3/b5-4+. The van der Waals surface area contributed by atoms with Crippen LogP contribution in [0, 0.1) is 12.8 Å². The molecule has 0 aromatic heterocycles. The second-order valence-corrected chi connectivity index (χ2v) is 2.37. The molecule has 0 bridgehead atoms. The fourth-order valence-corrected chi connectivity index (χ4v) is 0.533. The summed E-state index contributed by atoms with van der Waals surface area (Å²) in [6.07, 6.45) is 3.59. The Morgan fingerprint density at radius 3 is 2.60 bits per heavy atom. The van der Waals surface area contributed by atoms with E-state index in [4.69, 9.17) is 5.11 Å². The van der Waals surface area contributed by atoms with Crippen molar-refractivity contribution in [1.29, 1.82) is 0 Å². The topological polar surface area (TPSA) is 40.5 Å². The molecule has 59 valence electrons. The molecule has 0 aromatic rings. The Morgan fingerprint density at radius 1 is 1.60 bits per heavy atom. The number of aliphatic hydroxyl groups is 2. The number of hydrogen-bond donors (Lipinski definition) is 2. The Hall–Kier alpha value is -0.340. The molecule has 10 heavy (non-hydrogen) atoms. The van der Waals surface area contributed by atoms with Crippen LogP contribution in [0.4, 0.5) is 0 Å². The van der Waals surface area contributed by atoms with E-state index in [1.54, 1.807) is 19.1 Å². The van der Waals surface area contributed by atoms with Crippen LogP contribution >= 0.6 is 0 Å². The van der Waals surface area contributed by atoms with Crippen LogP contribution in [0.15, 0.2) is 12.2 Å². The second kappa shape index (κ2) is 5.45. The van der Waals surface area contributed by atoms with Crippen molar-refractivity contribution in [2.45, 2.75) is 19.4 Å². The molecule has 0 saturated carbocycles. The lowest BCUT2D eigenvalue weighted by Crippen LogP contribution is -2.17. The number of allylic oxidation sites excluding steroid dienone is 1. The fourth-order valence-electron chi connectivity index (χ4n) is 0.533. The zero-order chi connectivity index (χ0) is 7.98. The molecule has 0 amide bonds. The highest BCUT2D eigenvalue weighted by molar-refractivity contribution is 4.91. The quantitative estimate of drug-likeness (QED) is 0.570. The molecule has 0 heterocycles. The SMILES string of the molecule is [CH2]C/C=C/C(O)C(C)CO. The molecule has 0 aliphatic carbocycles. The van der Waals surface area contributed by atoms with Crippen LogP contribution in [0.1, 0.15) is 13.3 Å². The molecule has 0 rings (SSSR count). The highest BCUT2D eigenvalue weighted by atomic mass is 16.3. The predicted octanol–water partition coefficient (Wildman–Crippen LogP) is 0.756. The smallest absolute Gasteiger partial charge is 0.0768 e. The van der Waals surface area contributed by atoms with Crippen molar-refractivity contribution in [3.05, 3.63) is 19.1 Å². The van der Waals surface area contributed by atoms with Gasteiger partial charge in [-0.05, 0) is 13.3 Å². The van der Waals surface area contributed by atoms with E-state index in [0.717, 1.165) is 0 Å². The van der Waals surface area contributed by atoms with E-state index in [0.29, 0.717) is 6.42 Å². The molecule has 2 unspecified atom stereocenters. The van der Waals surface area contributed by atoms with Gasteiger partial charge in [0.15, 0.2) is 0 Å². The highest BCUT2D eigenvalue weighted by Gasteiger charge is 2.07. The first-order valence-electron chi connectivity index (χ1n) is 3.47. The van der Waals surface area contributed by atoms with Gasteiger partial charge in [-0.2, -0.15) is 0 Å². The third-order valence-corrected chi connectivity index (χ3v) is 1.37. The van der Waals surface area contributed by atoms with Crippen LogP contribution in [0.25, 0.3) is 0 Å². The van der Waals surface area contributed by atoms with Crippen molar-refractivity contribution >= 4 is 0 Å². The van der Waals surface area contributed by atoms with Crippen LogP contribution in [0.5, 0.6) is 0 Å². The maximum absolute atomic E-state index is 9.17. The number of rotatable bonds is 4. The minimum atomic E-state index is -0.535. The molecule has 0 aromatic carbocycles. The van der Waals surface area contributed by atoms with Gasteiger partial charge in [0, 0.05) is 12.5 Å². The molecular weight excluding hydrogens is 128 g/mol. The Bertz CT molecular complexity index is 99.4. The molecule has 0 saturated heterocycles. The van der Waals surface area contributed by atoms with Gasteiger partial charge in [0.05, 0.1) is 6.10 Å². The molecule has 0 aliphatic rings. The van der Waals surface area contributed by atoms with Gasteiger partial charge in [-0.25, -0.2) is 0 Å². The molecule has 0 aliphatic heterocycles. The molecule has 0 fully saturated rings. The summed E-state index contributed by atoms with van der Waals surface area (Å²) in [5.74, 6) is -0.0807. The molecule has 2 atom stereocenters. The van der Waals surface area contributed by atoms with Gasteiger partial charge in [-0.3, -0.25) is 0 Å². The summed E-state index contributed by atoms with van der Waals surface area (Å²) in [4.78, 5) is 0. The fraction of sp³-hybridized carbons (Fsp3) is 0.625. The van der Waals surface area contributed by atoms with Gasteiger partial charge >= 0.3 is 0 Å². The van der Waals surface area contributed by atoms with Crippen LogP contribution in [-0.2, 0) is 0 Å². The summed E-state index contributed by atoms with van der Waals surface area (Å²) >= 11 is 0. The highest BCUT2D eigenvalue weighted by Crippen LogP contribution is 2.02. The van der Waals surface area contributed by atoms with Crippen LogP contribution in [-0.4, -0.2) is 22.9 Å². The van der Waals surface area contributed by atoms with Crippen LogP contribution in [0.3, 0.4) is 0 Å². The lowest BCUT2D eigenvalue weighted by molar-refractivity contribution is 0.111. The normalized spacial score (nSPS) is 17.6. The summed E-state index contributed by atoms with van der Waals surface area (Å²) < 4.78 is 0. The monoisotopic (exact) mass is 143 g/mol. The third kappa shape index (κ3) is 3.64. The summed E-state index contributed by atoms with van der Waals surface area (Å²) in [7, 11) is 0. The van der Waals surface area contributed by atoms with Crippen molar-refractivity contribution in [3.63, 3.8) is 0 Å². The number of hydrogen-bond acceptors (Lipinski definition) is 2. The van der Waals surface area contributed by atoms with E-state index in [1.165, 1.54) is 0 Å². The average Bonchev–Trinajstić information content (AvgIpc) is 1.98. The van der Waals surface area contributed by atoms with Gasteiger partial charge in [0.2, 0.25) is 0 Å². The minimum Gasteiger partial charge on any atom is -0.396 e. The van der Waals surface area contributed by atoms with E-state index >= 15 is 0 Å². The zero-order valence-corrected chi connectivity index (χ0v) is 6.33. The second-order valence-electron chi connectivity index (χ2n) is 2.37. The Labute approximate surface area is 62.2 Å². The van der Waals surface area contributed by atoms with Gasteiger partial charge in [0.25, 0.3) is 0 Å². The zero-order valence-electron chi connectivity index (χ0n) is 6.33. The number of aliphatic hydroxyl groups excluding tert-OH is 2.